The summed E-state index contributed by atoms with van der Waals surface area (Å²) in [5.74, 6) is 0. The molecule has 0 rings (SSSR count). The summed E-state index contributed by atoms with van der Waals surface area (Å²) < 4.78 is 48.7. The lowest BCUT2D eigenvalue weighted by molar-refractivity contribution is 0.334. The van der Waals surface area contributed by atoms with Crippen LogP contribution in [0, 0.1) is 0 Å². The van der Waals surface area contributed by atoms with E-state index in [0.29, 0.717) is 0 Å². The number of hydrogen-bond donors (Lipinski definition) is 0. The molecular weight excluding hydrogens is 318 g/mol. The highest BCUT2D eigenvalue weighted by molar-refractivity contribution is 7.79. The van der Waals surface area contributed by atoms with Gasteiger partial charge in [-0.3, -0.25) is 16.7 Å². The lowest BCUT2D eigenvalue weighted by Crippen LogP contribution is -2.21. The summed E-state index contributed by atoms with van der Waals surface area (Å²) >= 11 is -3.84. The quantitative estimate of drug-likeness (QED) is 0.669. The molecule has 0 spiro atoms. The van der Waals surface area contributed by atoms with E-state index < -0.39 is 33.7 Å². The van der Waals surface area contributed by atoms with Crippen molar-refractivity contribution in [3.63, 3.8) is 0 Å². The van der Waals surface area contributed by atoms with E-state index in [9.17, 15) is 12.6 Å². The van der Waals surface area contributed by atoms with Crippen molar-refractivity contribution >= 4 is 33.7 Å². The molecule has 0 amide bonds. The third-order valence-corrected chi connectivity index (χ3v) is 3.42. The summed E-state index contributed by atoms with van der Waals surface area (Å²) in [5.41, 5.74) is 0. The maximum Gasteiger partial charge on any atom is 0.304 e. The average molecular weight is 341 g/mol. The zero-order valence-corrected chi connectivity index (χ0v) is 14.7. The molecule has 19 heavy (non-hydrogen) atoms. The van der Waals surface area contributed by atoms with Gasteiger partial charge in [0.1, 0.15) is 0 Å². The topological polar surface area (TPSA) is 91.4 Å². The number of hydrogen-bond acceptors (Lipinski definition) is 7. The van der Waals surface area contributed by atoms with Crippen LogP contribution in [0.5, 0.6) is 0 Å². The molecule has 0 aromatic heterocycles. The van der Waals surface area contributed by atoms with Crippen LogP contribution < -0.4 is 0 Å². The molecule has 0 bridgehead atoms. The van der Waals surface area contributed by atoms with Gasteiger partial charge in [0, 0.05) is 19.8 Å². The van der Waals surface area contributed by atoms with Crippen molar-refractivity contribution in [2.45, 2.75) is 6.92 Å². The zero-order chi connectivity index (χ0) is 15.8. The summed E-state index contributed by atoms with van der Waals surface area (Å²) in [6, 6.07) is 0. The third-order valence-electron chi connectivity index (χ3n) is 1.35. The van der Waals surface area contributed by atoms with E-state index in [1.807, 2.05) is 6.92 Å². The molecule has 0 radical (unpaired) electrons. The molecule has 0 saturated carbocycles. The van der Waals surface area contributed by atoms with Crippen LogP contribution in [0.2, 0.25) is 0 Å². The normalized spacial score (nSPS) is 13.1. The molecule has 120 valence electrons. The SMILES string of the molecule is CCN(C)S(=O)OC.COS(=O)OC.COS(C)=O. The Morgan fingerprint density at radius 2 is 1.26 bits per heavy atom. The highest BCUT2D eigenvalue weighted by Gasteiger charge is 2.00. The van der Waals surface area contributed by atoms with Crippen molar-refractivity contribution < 1.29 is 29.4 Å². The van der Waals surface area contributed by atoms with Crippen molar-refractivity contribution in [1.29, 1.82) is 0 Å². The fourth-order valence-corrected chi connectivity index (χ4v) is 0.902. The second-order valence-electron chi connectivity index (χ2n) is 2.43. The van der Waals surface area contributed by atoms with Crippen LogP contribution in [-0.4, -0.2) is 65.2 Å². The predicted octanol–water partition coefficient (Wildman–Crippen LogP) is -0.0526. The van der Waals surface area contributed by atoms with E-state index in [0.717, 1.165) is 6.54 Å². The molecule has 0 N–H and O–H groups in total. The Hall–Kier alpha value is 0.250. The molecule has 0 aliphatic heterocycles. The van der Waals surface area contributed by atoms with Gasteiger partial charge in [0.25, 0.3) is 0 Å². The number of nitrogens with zero attached hydrogens (tertiary/aromatic N) is 1. The molecule has 0 aromatic carbocycles. The van der Waals surface area contributed by atoms with Crippen molar-refractivity contribution in [3.05, 3.63) is 0 Å². The molecule has 0 saturated heterocycles. The van der Waals surface area contributed by atoms with Gasteiger partial charge in [-0.05, 0) is 0 Å². The van der Waals surface area contributed by atoms with E-state index >= 15 is 0 Å². The van der Waals surface area contributed by atoms with E-state index in [2.05, 4.69) is 16.7 Å². The van der Waals surface area contributed by atoms with E-state index in [4.69, 9.17) is 0 Å². The lowest BCUT2D eigenvalue weighted by Gasteiger charge is -2.08. The van der Waals surface area contributed by atoms with Crippen LogP contribution in [0.4, 0.5) is 0 Å². The number of rotatable bonds is 6. The second kappa shape index (κ2) is 18.2. The minimum absolute atomic E-state index is 0.737. The average Bonchev–Trinajstić information content (AvgIpc) is 2.45. The summed E-state index contributed by atoms with van der Waals surface area (Å²) in [5, 5.41) is 0. The minimum Gasteiger partial charge on any atom is -0.294 e. The second-order valence-corrected chi connectivity index (χ2v) is 6.04. The molecule has 0 heterocycles. The monoisotopic (exact) mass is 341 g/mol. The third kappa shape index (κ3) is 23.7. The smallest absolute Gasteiger partial charge is 0.294 e. The Morgan fingerprint density at radius 1 is 0.895 bits per heavy atom. The highest BCUT2D eigenvalue weighted by Crippen LogP contribution is 1.88. The van der Waals surface area contributed by atoms with Crippen LogP contribution in [0.3, 0.4) is 0 Å². The molecule has 0 aliphatic carbocycles. The van der Waals surface area contributed by atoms with Gasteiger partial charge in [0.15, 0.2) is 11.1 Å². The first kappa shape index (κ1) is 24.3. The Balaban J connectivity index is -0.000000209. The van der Waals surface area contributed by atoms with E-state index in [1.165, 1.54) is 34.7 Å². The molecular formula is C8H23NO7S3. The summed E-state index contributed by atoms with van der Waals surface area (Å²) in [6.45, 7) is 2.65. The first-order valence-electron chi connectivity index (χ1n) is 4.86. The summed E-state index contributed by atoms with van der Waals surface area (Å²) in [4.78, 5) is 0. The van der Waals surface area contributed by atoms with Crippen LogP contribution >= 0.6 is 0 Å². The van der Waals surface area contributed by atoms with Gasteiger partial charge in [-0.2, -0.15) is 4.21 Å². The lowest BCUT2D eigenvalue weighted by atomic mass is 10.8. The summed E-state index contributed by atoms with van der Waals surface area (Å²) in [7, 11) is 7.16. The standard InChI is InChI=1S/C4H11NO2S.C2H6O3S.C2H6O2S/c1-4-5(2)8(6)7-3;1-4-6(3)5-2;1-4-5(2)3/h4H2,1-3H3;1-2H3;1-2H3. The molecule has 2 unspecified atom stereocenters. The molecule has 0 aromatic rings. The van der Waals surface area contributed by atoms with Crippen LogP contribution in [0.25, 0.3) is 0 Å². The Labute approximate surface area is 123 Å². The first-order valence-corrected chi connectivity index (χ1v) is 8.38. The summed E-state index contributed by atoms with van der Waals surface area (Å²) in [6.07, 6.45) is 1.47. The van der Waals surface area contributed by atoms with Gasteiger partial charge in [0.05, 0.1) is 28.4 Å². The predicted molar refractivity (Wildman–Crippen MR) is 76.7 cm³/mol. The maximum atomic E-state index is 10.6. The fourth-order valence-electron chi connectivity index (χ4n) is 0.301. The Kier molecular flexibility index (Phi) is 23.3. The molecule has 0 aliphatic rings. The van der Waals surface area contributed by atoms with E-state index in [1.54, 1.807) is 11.4 Å². The molecule has 2 atom stereocenters. The van der Waals surface area contributed by atoms with Gasteiger partial charge in [-0.1, -0.05) is 6.92 Å². The van der Waals surface area contributed by atoms with Crippen LogP contribution in [0.15, 0.2) is 0 Å². The molecule has 0 fully saturated rings. The maximum absolute atomic E-state index is 10.6. The molecule has 11 heteroatoms. The zero-order valence-electron chi connectivity index (χ0n) is 12.2. The van der Waals surface area contributed by atoms with Gasteiger partial charge in [-0.15, -0.1) is 0 Å². The van der Waals surface area contributed by atoms with Crippen LogP contribution in [0.1, 0.15) is 6.92 Å². The van der Waals surface area contributed by atoms with Crippen molar-refractivity contribution in [2.24, 2.45) is 0 Å². The van der Waals surface area contributed by atoms with Gasteiger partial charge in [0.2, 0.25) is 11.3 Å². The van der Waals surface area contributed by atoms with Gasteiger partial charge in [-0.25, -0.2) is 12.7 Å². The largest absolute Gasteiger partial charge is 0.304 e. The fraction of sp³-hybridized carbons (Fsp3) is 1.00. The Morgan fingerprint density at radius 3 is 1.32 bits per heavy atom. The van der Waals surface area contributed by atoms with Gasteiger partial charge < -0.3 is 0 Å². The van der Waals surface area contributed by atoms with Gasteiger partial charge >= 0.3 is 11.4 Å². The molecule has 8 nitrogen and oxygen atoms in total. The van der Waals surface area contributed by atoms with Crippen LogP contribution in [-0.2, 0) is 50.4 Å². The van der Waals surface area contributed by atoms with E-state index in [-0.39, 0.29) is 0 Å². The van der Waals surface area contributed by atoms with Crippen molar-refractivity contribution in [1.82, 2.24) is 4.31 Å². The minimum atomic E-state index is -1.53. The highest BCUT2D eigenvalue weighted by atomic mass is 32.2. The Bertz CT molecular complexity index is 259. The van der Waals surface area contributed by atoms with Crippen molar-refractivity contribution in [3.8, 4) is 0 Å². The first-order chi connectivity index (χ1) is 8.80. The van der Waals surface area contributed by atoms with Crippen molar-refractivity contribution in [2.75, 3.05) is 48.3 Å².